The van der Waals surface area contributed by atoms with E-state index < -0.39 is 10.0 Å². The number of rotatable bonds is 5. The predicted octanol–water partition coefficient (Wildman–Crippen LogP) is 1.73. The predicted molar refractivity (Wildman–Crippen MR) is 81.0 cm³/mol. The fourth-order valence-corrected chi connectivity index (χ4v) is 3.27. The summed E-state index contributed by atoms with van der Waals surface area (Å²) in [5.74, 6) is 0. The summed E-state index contributed by atoms with van der Waals surface area (Å²) in [5.41, 5.74) is 2.18. The van der Waals surface area contributed by atoms with Crippen LogP contribution in [0.1, 0.15) is 32.3 Å². The van der Waals surface area contributed by atoms with Gasteiger partial charge >= 0.3 is 0 Å². The molecule has 0 aliphatic carbocycles. The van der Waals surface area contributed by atoms with Gasteiger partial charge in [-0.05, 0) is 43.1 Å². The van der Waals surface area contributed by atoms with Crippen LogP contribution in [0.3, 0.4) is 0 Å². The molecule has 5 nitrogen and oxygen atoms in total. The number of sulfonamides is 1. The molecule has 1 aromatic rings. The third-order valence-electron chi connectivity index (χ3n) is 3.52. The van der Waals surface area contributed by atoms with E-state index in [1.807, 2.05) is 6.07 Å². The van der Waals surface area contributed by atoms with Crippen LogP contribution in [0.25, 0.3) is 0 Å². The normalized spacial score (nSPS) is 16.2. The molecular weight excluding hydrogens is 274 g/mol. The molecule has 0 spiro atoms. The molecule has 0 bridgehead atoms. The van der Waals surface area contributed by atoms with Gasteiger partial charge in [-0.1, -0.05) is 13.8 Å². The van der Waals surface area contributed by atoms with Gasteiger partial charge in [0, 0.05) is 18.8 Å². The minimum Gasteiger partial charge on any atom is -0.358 e. The lowest BCUT2D eigenvalue weighted by molar-refractivity contribution is 0.252. The molecule has 0 saturated heterocycles. The number of hydrogen-bond acceptors (Lipinski definition) is 4. The Morgan fingerprint density at radius 1 is 1.20 bits per heavy atom. The zero-order valence-corrected chi connectivity index (χ0v) is 13.0. The summed E-state index contributed by atoms with van der Waals surface area (Å²) in [6.45, 7) is 7.98. The van der Waals surface area contributed by atoms with Gasteiger partial charge in [0.15, 0.2) is 0 Å². The van der Waals surface area contributed by atoms with E-state index in [1.165, 1.54) is 0 Å². The van der Waals surface area contributed by atoms with Gasteiger partial charge in [-0.2, -0.15) is 0 Å². The summed E-state index contributed by atoms with van der Waals surface area (Å²) in [7, 11) is -3.63. The van der Waals surface area contributed by atoms with Gasteiger partial charge < -0.3 is 4.90 Å². The third-order valence-corrected chi connectivity index (χ3v) is 4.43. The van der Waals surface area contributed by atoms with Gasteiger partial charge in [0.25, 0.3) is 0 Å². The largest absolute Gasteiger partial charge is 0.358 e. The highest BCUT2D eigenvalue weighted by molar-refractivity contribution is 7.89. The summed E-state index contributed by atoms with van der Waals surface area (Å²) < 4.78 is 23.0. The van der Waals surface area contributed by atoms with Crippen LogP contribution in [0.4, 0.5) is 5.69 Å². The number of fused-ring (bicyclic) bond motifs is 1. The van der Waals surface area contributed by atoms with E-state index in [2.05, 4.69) is 23.6 Å². The Morgan fingerprint density at radius 2 is 1.90 bits per heavy atom. The quantitative estimate of drug-likeness (QED) is 0.899. The van der Waals surface area contributed by atoms with Crippen LogP contribution in [0.5, 0.6) is 0 Å². The van der Waals surface area contributed by atoms with E-state index in [1.54, 1.807) is 12.1 Å². The zero-order chi connectivity index (χ0) is 14.8. The maximum absolute atomic E-state index is 11.5. The van der Waals surface area contributed by atoms with Gasteiger partial charge in [0.2, 0.25) is 10.0 Å². The minimum absolute atomic E-state index is 0.200. The molecule has 0 amide bonds. The molecule has 0 atom stereocenters. The molecule has 6 heteroatoms. The lowest BCUT2D eigenvalue weighted by Gasteiger charge is -2.38. The lowest BCUT2D eigenvalue weighted by Crippen LogP contribution is -2.43. The van der Waals surface area contributed by atoms with Crippen LogP contribution in [-0.2, 0) is 16.6 Å². The lowest BCUT2D eigenvalue weighted by atomic mass is 10.1. The molecule has 0 radical (unpaired) electrons. The summed E-state index contributed by atoms with van der Waals surface area (Å²) >= 11 is 0. The summed E-state index contributed by atoms with van der Waals surface area (Å²) in [6.07, 6.45) is 2.15. The van der Waals surface area contributed by atoms with Crippen LogP contribution in [-0.4, -0.2) is 33.1 Å². The molecule has 1 aliphatic heterocycles. The fraction of sp³-hybridized carbons (Fsp3) is 0.571. The maximum Gasteiger partial charge on any atom is 0.238 e. The zero-order valence-electron chi connectivity index (χ0n) is 12.2. The Labute approximate surface area is 121 Å². The van der Waals surface area contributed by atoms with E-state index in [9.17, 15) is 8.42 Å². The molecule has 20 heavy (non-hydrogen) atoms. The molecule has 0 fully saturated rings. The standard InChI is InChI=1S/C14H23N3O2S/c1-3-7-16-10-12-9-13(20(15,18)19)5-6-14(12)17(11-16)8-4-2/h5-6,9H,3-4,7-8,10-11H2,1-2H3,(H2,15,18,19). The maximum atomic E-state index is 11.5. The first-order chi connectivity index (χ1) is 9.45. The number of benzene rings is 1. The number of nitrogens with zero attached hydrogens (tertiary/aromatic N) is 2. The van der Waals surface area contributed by atoms with Crippen molar-refractivity contribution in [2.45, 2.75) is 38.1 Å². The third kappa shape index (κ3) is 3.31. The van der Waals surface area contributed by atoms with Gasteiger partial charge in [-0.3, -0.25) is 4.90 Å². The number of hydrogen-bond donors (Lipinski definition) is 1. The van der Waals surface area contributed by atoms with Crippen molar-refractivity contribution in [1.82, 2.24) is 4.90 Å². The summed E-state index contributed by atoms with van der Waals surface area (Å²) in [6, 6.07) is 5.20. The van der Waals surface area contributed by atoms with Gasteiger partial charge in [-0.25, -0.2) is 13.6 Å². The average molecular weight is 297 g/mol. The first kappa shape index (κ1) is 15.3. The first-order valence-corrected chi connectivity index (χ1v) is 8.63. The molecular formula is C14H23N3O2S. The Morgan fingerprint density at radius 3 is 2.50 bits per heavy atom. The molecule has 0 unspecified atom stereocenters. The van der Waals surface area contributed by atoms with E-state index in [-0.39, 0.29) is 4.90 Å². The van der Waals surface area contributed by atoms with Crippen molar-refractivity contribution in [2.24, 2.45) is 5.14 Å². The Hall–Kier alpha value is -1.11. The van der Waals surface area contributed by atoms with Gasteiger partial charge in [-0.15, -0.1) is 0 Å². The SMILES string of the molecule is CCCN1Cc2cc(S(N)(=O)=O)ccc2N(CCC)C1. The highest BCUT2D eigenvalue weighted by Crippen LogP contribution is 2.29. The molecule has 0 saturated carbocycles. The van der Waals surface area contributed by atoms with Crippen molar-refractivity contribution < 1.29 is 8.42 Å². The molecule has 0 aromatic heterocycles. The van der Waals surface area contributed by atoms with E-state index in [4.69, 9.17) is 5.14 Å². The molecule has 1 heterocycles. The summed E-state index contributed by atoms with van der Waals surface area (Å²) in [5, 5.41) is 5.22. The van der Waals surface area contributed by atoms with Crippen molar-refractivity contribution in [3.63, 3.8) is 0 Å². The molecule has 1 aliphatic rings. The smallest absolute Gasteiger partial charge is 0.238 e. The molecule has 112 valence electrons. The van der Waals surface area contributed by atoms with Crippen molar-refractivity contribution in [3.05, 3.63) is 23.8 Å². The van der Waals surface area contributed by atoms with Gasteiger partial charge in [0.1, 0.15) is 0 Å². The van der Waals surface area contributed by atoms with Crippen molar-refractivity contribution in [3.8, 4) is 0 Å². The number of anilines is 1. The van der Waals surface area contributed by atoms with Crippen LogP contribution in [0, 0.1) is 0 Å². The topological polar surface area (TPSA) is 66.6 Å². The van der Waals surface area contributed by atoms with Crippen LogP contribution >= 0.6 is 0 Å². The van der Waals surface area contributed by atoms with E-state index in [0.717, 1.165) is 50.4 Å². The average Bonchev–Trinajstić information content (AvgIpc) is 2.37. The van der Waals surface area contributed by atoms with Crippen molar-refractivity contribution >= 4 is 15.7 Å². The first-order valence-electron chi connectivity index (χ1n) is 7.08. The van der Waals surface area contributed by atoms with Crippen molar-refractivity contribution in [1.29, 1.82) is 0 Å². The van der Waals surface area contributed by atoms with Crippen molar-refractivity contribution in [2.75, 3.05) is 24.7 Å². The summed E-state index contributed by atoms with van der Waals surface area (Å²) in [4.78, 5) is 4.85. The molecule has 2 rings (SSSR count). The second-order valence-corrected chi connectivity index (χ2v) is 6.85. The van der Waals surface area contributed by atoms with Crippen LogP contribution in [0.15, 0.2) is 23.1 Å². The van der Waals surface area contributed by atoms with Gasteiger partial charge in [0.05, 0.1) is 11.6 Å². The number of nitrogens with two attached hydrogens (primary N) is 1. The Kier molecular flexibility index (Phi) is 4.67. The highest BCUT2D eigenvalue weighted by atomic mass is 32.2. The fourth-order valence-electron chi connectivity index (χ4n) is 2.71. The Bertz CT molecular complexity index is 572. The second-order valence-electron chi connectivity index (χ2n) is 5.29. The Balaban J connectivity index is 2.37. The minimum atomic E-state index is -3.63. The van der Waals surface area contributed by atoms with Crippen LogP contribution in [0.2, 0.25) is 0 Å². The molecule has 2 N–H and O–H groups in total. The number of primary sulfonamides is 1. The van der Waals surface area contributed by atoms with Crippen LogP contribution < -0.4 is 10.0 Å². The monoisotopic (exact) mass is 297 g/mol. The molecule has 1 aromatic carbocycles. The second kappa shape index (κ2) is 6.11. The van der Waals surface area contributed by atoms with E-state index >= 15 is 0 Å². The van der Waals surface area contributed by atoms with E-state index in [0.29, 0.717) is 0 Å². The highest BCUT2D eigenvalue weighted by Gasteiger charge is 2.23.